The van der Waals surface area contributed by atoms with Crippen LogP contribution in [0.1, 0.15) is 76.8 Å². The molecule has 2 aromatic heterocycles. The van der Waals surface area contributed by atoms with Crippen LogP contribution in [0.25, 0.3) is 0 Å². The number of hydrogen-bond acceptors (Lipinski definition) is 7. The van der Waals surface area contributed by atoms with Gasteiger partial charge in [0.05, 0.1) is 11.3 Å². The first-order valence-corrected chi connectivity index (χ1v) is 12.4. The van der Waals surface area contributed by atoms with Crippen LogP contribution in [-0.2, 0) is 24.6 Å². The first kappa shape index (κ1) is 25.9. The number of ether oxygens (including phenoxy) is 1. The van der Waals surface area contributed by atoms with Gasteiger partial charge in [0, 0.05) is 30.8 Å². The minimum Gasteiger partial charge on any atom is -0.507 e. The smallest absolute Gasteiger partial charge is 0.407 e. The molecule has 1 aromatic carbocycles. The minimum absolute atomic E-state index is 0.0210. The number of carbonyl (C=O) groups excluding carboxylic acids is 3. The number of aromatic hydroxyl groups is 1. The summed E-state index contributed by atoms with van der Waals surface area (Å²) in [5.74, 6) is 0.166. The van der Waals surface area contributed by atoms with Crippen LogP contribution >= 0.6 is 0 Å². The summed E-state index contributed by atoms with van der Waals surface area (Å²) in [6.45, 7) is 3.76. The van der Waals surface area contributed by atoms with Crippen molar-refractivity contribution in [2.75, 3.05) is 5.32 Å². The number of aldehydes is 1. The summed E-state index contributed by atoms with van der Waals surface area (Å²) < 4.78 is 6.99. The van der Waals surface area contributed by atoms with Crippen molar-refractivity contribution in [3.05, 3.63) is 58.5 Å². The summed E-state index contributed by atoms with van der Waals surface area (Å²) in [7, 11) is 1.69. The van der Waals surface area contributed by atoms with Gasteiger partial charge in [-0.25, -0.2) is 4.79 Å². The van der Waals surface area contributed by atoms with E-state index in [1.807, 2.05) is 13.8 Å². The number of amides is 2. The monoisotopic (exact) mass is 508 g/mol. The van der Waals surface area contributed by atoms with Crippen molar-refractivity contribution in [1.29, 1.82) is 0 Å². The topological polar surface area (TPSA) is 151 Å². The zero-order chi connectivity index (χ0) is 26.5. The first-order chi connectivity index (χ1) is 17.7. The second-order valence-corrected chi connectivity index (χ2v) is 9.61. The number of aryl methyl sites for hydroxylation is 3. The van der Waals surface area contributed by atoms with Crippen LogP contribution in [-0.4, -0.2) is 55.5 Å². The quantitative estimate of drug-likeness (QED) is 0.323. The Morgan fingerprint density at radius 3 is 2.84 bits per heavy atom. The lowest BCUT2D eigenvalue weighted by molar-refractivity contribution is 0.0979. The van der Waals surface area contributed by atoms with Crippen molar-refractivity contribution in [3.8, 4) is 5.75 Å². The molecule has 0 unspecified atom stereocenters. The molecule has 3 aromatic rings. The van der Waals surface area contributed by atoms with E-state index >= 15 is 0 Å². The van der Waals surface area contributed by atoms with Gasteiger partial charge in [0.2, 0.25) is 0 Å². The van der Waals surface area contributed by atoms with Crippen molar-refractivity contribution in [1.82, 2.24) is 25.3 Å². The molecule has 1 aliphatic carbocycles. The summed E-state index contributed by atoms with van der Waals surface area (Å²) in [6.07, 6.45) is 3.39. The van der Waals surface area contributed by atoms with Crippen LogP contribution in [0.15, 0.2) is 30.3 Å². The molecule has 0 aliphatic heterocycles. The highest BCUT2D eigenvalue weighted by Gasteiger charge is 2.30. The lowest BCUT2D eigenvalue weighted by atomic mass is 10.0. The third-order valence-electron chi connectivity index (χ3n) is 6.45. The number of H-pyrrole nitrogens is 1. The number of anilines is 1. The molecule has 4 N–H and O–H groups in total. The van der Waals surface area contributed by atoms with Gasteiger partial charge in [-0.2, -0.15) is 10.2 Å². The second kappa shape index (κ2) is 11.3. The van der Waals surface area contributed by atoms with Gasteiger partial charge in [-0.1, -0.05) is 12.1 Å². The predicted octanol–water partition coefficient (Wildman–Crippen LogP) is 3.47. The van der Waals surface area contributed by atoms with Gasteiger partial charge >= 0.3 is 6.09 Å². The van der Waals surface area contributed by atoms with Crippen molar-refractivity contribution >= 4 is 24.1 Å². The Labute approximate surface area is 214 Å². The number of benzene rings is 1. The highest BCUT2D eigenvalue weighted by atomic mass is 16.6. The summed E-state index contributed by atoms with van der Waals surface area (Å²) in [6, 6.07) is 8.48. The van der Waals surface area contributed by atoms with Crippen molar-refractivity contribution < 1.29 is 24.2 Å². The standard InChI is InChI=1S/C26H32N6O5/c1-15(2)27-26(36)37-19-10-8-17(11-19)21-13-24(30-29-21)28-25(35)22-12-18(31-32(22)3)9-7-16-5-4-6-23(34)20(16)14-33/h4-6,12-15,17,19,34H,7-11H2,1-3H3,(H,27,36)(H2,28,29,30,35)/t17-,19+/m0/s1. The van der Waals surface area contributed by atoms with Crippen LogP contribution in [0.3, 0.4) is 0 Å². The van der Waals surface area contributed by atoms with Crippen molar-refractivity contribution in [2.45, 2.75) is 64.0 Å². The molecule has 0 spiro atoms. The fourth-order valence-corrected chi connectivity index (χ4v) is 4.62. The molecule has 11 nitrogen and oxygen atoms in total. The summed E-state index contributed by atoms with van der Waals surface area (Å²) in [4.78, 5) is 36.1. The Morgan fingerprint density at radius 1 is 1.27 bits per heavy atom. The SMILES string of the molecule is CC(C)NC(=O)O[C@@H]1CC[C@H](c2cc(NC(=O)c3cc(CCc4cccc(O)c4C=O)nn3C)n[nH]2)C1. The maximum Gasteiger partial charge on any atom is 0.407 e. The number of alkyl carbamates (subject to hydrolysis) is 1. The van der Waals surface area contributed by atoms with Gasteiger partial charge in [-0.05, 0) is 63.6 Å². The van der Waals surface area contributed by atoms with Gasteiger partial charge in [0.25, 0.3) is 5.91 Å². The molecule has 0 saturated heterocycles. The summed E-state index contributed by atoms with van der Waals surface area (Å²) in [5, 5.41) is 27.0. The van der Waals surface area contributed by atoms with Gasteiger partial charge in [0.15, 0.2) is 12.1 Å². The zero-order valence-corrected chi connectivity index (χ0v) is 21.2. The summed E-state index contributed by atoms with van der Waals surface area (Å²) >= 11 is 0. The third-order valence-corrected chi connectivity index (χ3v) is 6.45. The van der Waals surface area contributed by atoms with Crippen LogP contribution < -0.4 is 10.6 Å². The molecular formula is C26H32N6O5. The highest BCUT2D eigenvalue weighted by molar-refractivity contribution is 6.02. The van der Waals surface area contributed by atoms with Gasteiger partial charge < -0.3 is 20.5 Å². The molecule has 2 amide bonds. The summed E-state index contributed by atoms with van der Waals surface area (Å²) in [5.41, 5.74) is 2.93. The van der Waals surface area contributed by atoms with Gasteiger partial charge in [-0.3, -0.25) is 19.4 Å². The van der Waals surface area contributed by atoms with Crippen LogP contribution in [0, 0.1) is 0 Å². The number of phenols is 1. The number of hydrogen-bond donors (Lipinski definition) is 4. The lowest BCUT2D eigenvalue weighted by Crippen LogP contribution is -2.33. The maximum atomic E-state index is 12.9. The molecule has 0 radical (unpaired) electrons. The molecule has 1 aliphatic rings. The van der Waals surface area contributed by atoms with Crippen molar-refractivity contribution in [2.24, 2.45) is 7.05 Å². The van der Waals surface area contributed by atoms with E-state index in [2.05, 4.69) is 25.9 Å². The largest absolute Gasteiger partial charge is 0.507 e. The Bertz CT molecular complexity index is 1280. The number of nitrogens with zero attached hydrogens (tertiary/aromatic N) is 3. The van der Waals surface area contributed by atoms with Gasteiger partial charge in [0.1, 0.15) is 17.5 Å². The molecule has 37 heavy (non-hydrogen) atoms. The second-order valence-electron chi connectivity index (χ2n) is 9.61. The molecule has 11 heteroatoms. The van der Waals surface area contributed by atoms with Crippen molar-refractivity contribution in [3.63, 3.8) is 0 Å². The van der Waals surface area contributed by atoms with E-state index in [9.17, 15) is 19.5 Å². The molecule has 1 saturated carbocycles. The van der Waals surface area contributed by atoms with E-state index in [-0.39, 0.29) is 35.3 Å². The average Bonchev–Trinajstić information content (AvgIpc) is 3.57. The Kier molecular flexibility index (Phi) is 7.90. The van der Waals surface area contributed by atoms with E-state index < -0.39 is 6.09 Å². The number of rotatable bonds is 9. The fraction of sp³-hybridized carbons (Fsp3) is 0.423. The number of nitrogens with one attached hydrogen (secondary N) is 3. The van der Waals surface area contributed by atoms with E-state index in [0.717, 1.165) is 24.1 Å². The Morgan fingerprint density at radius 2 is 2.08 bits per heavy atom. The van der Waals surface area contributed by atoms with E-state index in [1.165, 1.54) is 10.7 Å². The fourth-order valence-electron chi connectivity index (χ4n) is 4.62. The first-order valence-electron chi connectivity index (χ1n) is 12.4. The molecule has 2 heterocycles. The molecule has 4 rings (SSSR count). The average molecular weight is 509 g/mol. The maximum absolute atomic E-state index is 12.9. The normalized spacial score (nSPS) is 17.1. The van der Waals surface area contributed by atoms with Gasteiger partial charge in [-0.15, -0.1) is 0 Å². The molecule has 196 valence electrons. The third kappa shape index (κ3) is 6.35. The van der Waals surface area contributed by atoms with Crippen LogP contribution in [0.5, 0.6) is 5.75 Å². The van der Waals surface area contributed by atoms with E-state index in [1.54, 1.807) is 31.3 Å². The number of carbonyl (C=O) groups is 3. The number of aromatic nitrogens is 4. The molecule has 0 bridgehead atoms. The van der Waals surface area contributed by atoms with E-state index in [0.29, 0.717) is 42.8 Å². The minimum atomic E-state index is -0.403. The Hall–Kier alpha value is -4.15. The predicted molar refractivity (Wildman–Crippen MR) is 136 cm³/mol. The molecule has 1 fully saturated rings. The number of phenolic OH excluding ortho intramolecular Hbond substituents is 1. The highest BCUT2D eigenvalue weighted by Crippen LogP contribution is 2.36. The molecular weight excluding hydrogens is 476 g/mol. The Balaban J connectivity index is 1.33. The van der Waals surface area contributed by atoms with Crippen LogP contribution in [0.2, 0.25) is 0 Å². The zero-order valence-electron chi connectivity index (χ0n) is 21.2. The number of aromatic amines is 1. The lowest BCUT2D eigenvalue weighted by Gasteiger charge is -2.14. The molecule has 2 atom stereocenters. The van der Waals surface area contributed by atoms with Crippen LogP contribution in [0.4, 0.5) is 10.6 Å². The van der Waals surface area contributed by atoms with E-state index in [4.69, 9.17) is 4.74 Å².